The first kappa shape index (κ1) is 21.0. The fraction of sp³-hybridized carbons (Fsp3) is 0.500. The van der Waals surface area contributed by atoms with Gasteiger partial charge >= 0.3 is 0 Å². The van der Waals surface area contributed by atoms with E-state index in [4.69, 9.17) is 18.9 Å². The van der Waals surface area contributed by atoms with Gasteiger partial charge in [0, 0.05) is 34.0 Å². The Labute approximate surface area is 159 Å². The largest absolute Gasteiger partial charge is 0.364 e. The van der Waals surface area contributed by atoms with Crippen molar-refractivity contribution in [2.45, 2.75) is 6.92 Å². The molecule has 0 saturated heterocycles. The van der Waals surface area contributed by atoms with Crippen molar-refractivity contribution in [1.29, 1.82) is 0 Å². The molecule has 0 aliphatic carbocycles. The van der Waals surface area contributed by atoms with Gasteiger partial charge in [0.2, 0.25) is 11.9 Å². The summed E-state index contributed by atoms with van der Waals surface area (Å²) in [4.78, 5) is 17.3. The molecule has 0 bridgehead atoms. The summed E-state index contributed by atoms with van der Waals surface area (Å²) in [5.74, 6) is 1.43. The highest BCUT2D eigenvalue weighted by molar-refractivity contribution is 5.59. The van der Waals surface area contributed by atoms with Gasteiger partial charge in [-0.05, 0) is 13.0 Å². The van der Waals surface area contributed by atoms with Crippen LogP contribution in [0.4, 0.5) is 11.9 Å². The zero-order valence-corrected chi connectivity index (χ0v) is 16.5. The Morgan fingerprint density at radius 1 is 0.741 bits per heavy atom. The Hall–Kier alpha value is -2.33. The minimum absolute atomic E-state index is 0.277. The minimum atomic E-state index is 0.277. The molecule has 0 fully saturated rings. The van der Waals surface area contributed by atoms with Crippen molar-refractivity contribution in [1.82, 2.24) is 15.0 Å². The second-order valence-electron chi connectivity index (χ2n) is 5.88. The maximum Gasteiger partial charge on any atom is 0.234 e. The average molecular weight is 377 g/mol. The highest BCUT2D eigenvalue weighted by Gasteiger charge is 2.18. The molecule has 27 heavy (non-hydrogen) atoms. The molecule has 0 unspecified atom stereocenters. The van der Waals surface area contributed by atoms with Gasteiger partial charge in [0.1, 0.15) is 26.9 Å². The molecule has 2 aromatic rings. The quantitative estimate of drug-likeness (QED) is 0.545. The van der Waals surface area contributed by atoms with Crippen molar-refractivity contribution in [3.63, 3.8) is 0 Å². The van der Waals surface area contributed by atoms with Crippen LogP contribution in [0.5, 0.6) is 0 Å². The van der Waals surface area contributed by atoms with Crippen molar-refractivity contribution in [3.05, 3.63) is 29.8 Å². The lowest BCUT2D eigenvalue weighted by Gasteiger charge is -2.24. The van der Waals surface area contributed by atoms with Gasteiger partial charge in [-0.15, -0.1) is 0 Å². The summed E-state index contributed by atoms with van der Waals surface area (Å²) < 4.78 is 21.0. The lowest BCUT2D eigenvalue weighted by Crippen LogP contribution is -2.33. The summed E-state index contributed by atoms with van der Waals surface area (Å²) >= 11 is 0. The van der Waals surface area contributed by atoms with Crippen molar-refractivity contribution in [2.24, 2.45) is 0 Å². The van der Waals surface area contributed by atoms with Gasteiger partial charge in [-0.2, -0.15) is 15.0 Å². The number of anilines is 2. The van der Waals surface area contributed by atoms with E-state index in [2.05, 4.69) is 15.0 Å². The SMILES string of the molecule is COCN(COC)c1nc(-c2cccc(C)c2)nc(N(COC)COC)n1. The van der Waals surface area contributed by atoms with Crippen LogP contribution in [-0.2, 0) is 18.9 Å². The number of rotatable bonds is 11. The number of benzene rings is 1. The zero-order chi connectivity index (χ0) is 19.6. The first-order valence-electron chi connectivity index (χ1n) is 8.41. The molecule has 0 spiro atoms. The second-order valence-corrected chi connectivity index (χ2v) is 5.88. The molecule has 1 aromatic carbocycles. The molecular weight excluding hydrogens is 350 g/mol. The topological polar surface area (TPSA) is 82.1 Å². The number of hydrogen-bond donors (Lipinski definition) is 0. The Kier molecular flexibility index (Phi) is 8.34. The Morgan fingerprint density at radius 3 is 1.63 bits per heavy atom. The predicted molar refractivity (Wildman–Crippen MR) is 102 cm³/mol. The van der Waals surface area contributed by atoms with Gasteiger partial charge in [-0.1, -0.05) is 23.8 Å². The number of hydrogen-bond acceptors (Lipinski definition) is 9. The van der Waals surface area contributed by atoms with Crippen molar-refractivity contribution in [3.8, 4) is 11.4 Å². The van der Waals surface area contributed by atoms with Crippen LogP contribution in [0.1, 0.15) is 5.56 Å². The van der Waals surface area contributed by atoms with E-state index in [0.29, 0.717) is 17.7 Å². The standard InChI is InChI=1S/C18H27N5O4/c1-14-7-6-8-15(9-14)16-19-17(22(10-24-2)11-25-3)21-18(20-16)23(12-26-4)13-27-5/h6-9H,10-13H2,1-5H3. The fourth-order valence-electron chi connectivity index (χ4n) is 2.48. The fourth-order valence-corrected chi connectivity index (χ4v) is 2.48. The molecular formula is C18H27N5O4. The van der Waals surface area contributed by atoms with Crippen molar-refractivity contribution >= 4 is 11.9 Å². The van der Waals surface area contributed by atoms with Gasteiger partial charge in [-0.3, -0.25) is 9.80 Å². The van der Waals surface area contributed by atoms with E-state index in [1.54, 1.807) is 38.2 Å². The molecule has 148 valence electrons. The summed E-state index contributed by atoms with van der Waals surface area (Å²) in [6.07, 6.45) is 0. The first-order chi connectivity index (χ1) is 13.1. The second kappa shape index (κ2) is 10.7. The maximum atomic E-state index is 5.25. The summed E-state index contributed by atoms with van der Waals surface area (Å²) in [6.45, 7) is 3.13. The molecule has 0 N–H and O–H groups in total. The maximum absolute atomic E-state index is 5.25. The molecule has 0 aliphatic heterocycles. The van der Waals surface area contributed by atoms with E-state index < -0.39 is 0 Å². The van der Waals surface area contributed by atoms with Gasteiger partial charge < -0.3 is 18.9 Å². The Balaban J connectivity index is 2.54. The molecule has 0 aliphatic rings. The predicted octanol–water partition coefficient (Wildman–Crippen LogP) is 1.88. The molecule has 2 rings (SSSR count). The summed E-state index contributed by atoms with van der Waals surface area (Å²) in [5.41, 5.74) is 2.01. The Bertz CT molecular complexity index is 670. The average Bonchev–Trinajstić information content (AvgIpc) is 2.67. The third kappa shape index (κ3) is 5.83. The number of aromatic nitrogens is 3. The monoisotopic (exact) mass is 377 g/mol. The van der Waals surface area contributed by atoms with Gasteiger partial charge in [-0.25, -0.2) is 0 Å². The first-order valence-corrected chi connectivity index (χ1v) is 8.41. The van der Waals surface area contributed by atoms with E-state index in [0.717, 1.165) is 11.1 Å². The zero-order valence-electron chi connectivity index (χ0n) is 16.5. The van der Waals surface area contributed by atoms with Crippen LogP contribution in [0.3, 0.4) is 0 Å². The van der Waals surface area contributed by atoms with E-state index in [-0.39, 0.29) is 26.9 Å². The molecule has 1 heterocycles. The smallest absolute Gasteiger partial charge is 0.234 e. The van der Waals surface area contributed by atoms with Crippen LogP contribution >= 0.6 is 0 Å². The molecule has 0 amide bonds. The summed E-state index contributed by atoms with van der Waals surface area (Å²) in [5, 5.41) is 0. The summed E-state index contributed by atoms with van der Waals surface area (Å²) in [6, 6.07) is 7.98. The van der Waals surface area contributed by atoms with Crippen LogP contribution in [0, 0.1) is 6.92 Å². The molecule has 1 aromatic heterocycles. The van der Waals surface area contributed by atoms with Crippen LogP contribution in [0.15, 0.2) is 24.3 Å². The van der Waals surface area contributed by atoms with Crippen LogP contribution in [-0.4, -0.2) is 70.3 Å². The number of methoxy groups -OCH3 is 4. The Morgan fingerprint density at radius 2 is 1.22 bits per heavy atom. The number of aryl methyl sites for hydroxylation is 1. The molecule has 0 atom stereocenters. The molecule has 9 nitrogen and oxygen atoms in total. The van der Waals surface area contributed by atoms with Crippen molar-refractivity contribution in [2.75, 3.05) is 65.2 Å². The summed E-state index contributed by atoms with van der Waals surface area (Å²) in [7, 11) is 6.42. The third-order valence-electron chi connectivity index (χ3n) is 3.59. The van der Waals surface area contributed by atoms with Crippen LogP contribution in [0.25, 0.3) is 11.4 Å². The minimum Gasteiger partial charge on any atom is -0.364 e. The highest BCUT2D eigenvalue weighted by Crippen LogP contribution is 2.22. The lowest BCUT2D eigenvalue weighted by molar-refractivity contribution is 0.136. The van der Waals surface area contributed by atoms with E-state index in [1.165, 1.54) is 0 Å². The van der Waals surface area contributed by atoms with Crippen LogP contribution in [0.2, 0.25) is 0 Å². The van der Waals surface area contributed by atoms with E-state index in [1.807, 2.05) is 31.2 Å². The molecule has 0 radical (unpaired) electrons. The van der Waals surface area contributed by atoms with Gasteiger partial charge in [0.15, 0.2) is 5.82 Å². The third-order valence-corrected chi connectivity index (χ3v) is 3.59. The lowest BCUT2D eigenvalue weighted by atomic mass is 10.1. The van der Waals surface area contributed by atoms with E-state index >= 15 is 0 Å². The highest BCUT2D eigenvalue weighted by atomic mass is 16.5. The van der Waals surface area contributed by atoms with Crippen LogP contribution < -0.4 is 9.80 Å². The van der Waals surface area contributed by atoms with Gasteiger partial charge in [0.05, 0.1) is 0 Å². The molecule has 9 heteroatoms. The molecule has 0 saturated carbocycles. The number of ether oxygens (including phenoxy) is 4. The van der Waals surface area contributed by atoms with Crippen molar-refractivity contribution < 1.29 is 18.9 Å². The normalized spacial score (nSPS) is 10.9. The van der Waals surface area contributed by atoms with Gasteiger partial charge in [0.25, 0.3) is 0 Å². The number of nitrogens with zero attached hydrogens (tertiary/aromatic N) is 5. The van der Waals surface area contributed by atoms with E-state index in [9.17, 15) is 0 Å².